The van der Waals surface area contributed by atoms with Gasteiger partial charge in [-0.25, -0.2) is 9.97 Å². The van der Waals surface area contributed by atoms with Gasteiger partial charge < -0.3 is 5.32 Å². The first-order valence-electron chi connectivity index (χ1n) is 6.37. The fourth-order valence-electron chi connectivity index (χ4n) is 2.09. The third-order valence-electron chi connectivity index (χ3n) is 3.09. The molecule has 0 spiro atoms. The average Bonchev–Trinajstić information content (AvgIpc) is 2.91. The molecule has 1 amide bonds. The number of halogens is 1. The number of rotatable bonds is 3. The van der Waals surface area contributed by atoms with Crippen LogP contribution in [0, 0.1) is 6.92 Å². The van der Waals surface area contributed by atoms with E-state index in [0.717, 1.165) is 21.5 Å². The van der Waals surface area contributed by atoms with Gasteiger partial charge in [-0.1, -0.05) is 35.9 Å². The van der Waals surface area contributed by atoms with Gasteiger partial charge in [0.1, 0.15) is 5.15 Å². The molecule has 0 fully saturated rings. The summed E-state index contributed by atoms with van der Waals surface area (Å²) in [7, 11) is 0. The van der Waals surface area contributed by atoms with E-state index in [-0.39, 0.29) is 5.91 Å². The third kappa shape index (κ3) is 2.89. The van der Waals surface area contributed by atoms with Gasteiger partial charge in [0.15, 0.2) is 0 Å². The summed E-state index contributed by atoms with van der Waals surface area (Å²) in [6.07, 6.45) is 1.51. The van der Waals surface area contributed by atoms with Crippen molar-refractivity contribution in [3.05, 3.63) is 57.3 Å². The predicted molar refractivity (Wildman–Crippen MR) is 84.8 cm³/mol. The van der Waals surface area contributed by atoms with Crippen molar-refractivity contribution in [1.29, 1.82) is 0 Å². The van der Waals surface area contributed by atoms with Gasteiger partial charge in [-0.15, -0.1) is 11.3 Å². The topological polar surface area (TPSA) is 54.9 Å². The van der Waals surface area contributed by atoms with Gasteiger partial charge >= 0.3 is 0 Å². The van der Waals surface area contributed by atoms with Crippen LogP contribution < -0.4 is 5.32 Å². The SMILES string of the molecule is Cc1nc(CNC(=O)c2cnc(Cl)c3ccccc23)cs1. The Morgan fingerprint density at radius 3 is 2.81 bits per heavy atom. The highest BCUT2D eigenvalue weighted by atomic mass is 35.5. The van der Waals surface area contributed by atoms with Crippen LogP contribution in [0.1, 0.15) is 21.1 Å². The smallest absolute Gasteiger partial charge is 0.253 e. The number of carbonyl (C=O) groups excluding carboxylic acids is 1. The molecule has 0 aliphatic carbocycles. The second-order valence-corrected chi connectivity index (χ2v) is 5.97. The molecule has 0 saturated heterocycles. The second-order valence-electron chi connectivity index (χ2n) is 4.55. The summed E-state index contributed by atoms with van der Waals surface area (Å²) in [5, 5.41) is 7.76. The molecule has 106 valence electrons. The average molecular weight is 318 g/mol. The number of nitrogens with zero attached hydrogens (tertiary/aromatic N) is 2. The Labute approximate surface area is 130 Å². The number of fused-ring (bicyclic) bond motifs is 1. The molecule has 1 N–H and O–H groups in total. The molecule has 4 nitrogen and oxygen atoms in total. The molecule has 2 heterocycles. The molecule has 0 aliphatic heterocycles. The number of thiazole rings is 1. The zero-order valence-corrected chi connectivity index (χ0v) is 12.8. The number of hydrogen-bond donors (Lipinski definition) is 1. The molecule has 3 aromatic rings. The summed E-state index contributed by atoms with van der Waals surface area (Å²) in [6.45, 7) is 2.34. The molecule has 0 unspecified atom stereocenters. The number of hydrogen-bond acceptors (Lipinski definition) is 4. The lowest BCUT2D eigenvalue weighted by molar-refractivity contribution is 0.0952. The van der Waals surface area contributed by atoms with E-state index in [4.69, 9.17) is 11.6 Å². The second kappa shape index (κ2) is 5.79. The van der Waals surface area contributed by atoms with Crippen molar-refractivity contribution in [1.82, 2.24) is 15.3 Å². The normalized spacial score (nSPS) is 10.8. The molecule has 21 heavy (non-hydrogen) atoms. The van der Waals surface area contributed by atoms with Crippen LogP contribution in [-0.4, -0.2) is 15.9 Å². The Balaban J connectivity index is 1.86. The minimum Gasteiger partial charge on any atom is -0.346 e. The van der Waals surface area contributed by atoms with Gasteiger partial charge in [0, 0.05) is 17.0 Å². The molecule has 6 heteroatoms. The Bertz CT molecular complexity index is 816. The molecule has 3 rings (SSSR count). The van der Waals surface area contributed by atoms with Crippen molar-refractivity contribution in [2.45, 2.75) is 13.5 Å². The third-order valence-corrected chi connectivity index (χ3v) is 4.21. The standard InChI is InChI=1S/C15H12ClN3OS/c1-9-19-10(8-21-9)6-18-15(20)13-7-17-14(16)12-5-3-2-4-11(12)13/h2-5,7-8H,6H2,1H3,(H,18,20). The molecular weight excluding hydrogens is 306 g/mol. The van der Waals surface area contributed by atoms with Crippen LogP contribution in [-0.2, 0) is 6.54 Å². The summed E-state index contributed by atoms with van der Waals surface area (Å²) in [5.74, 6) is -0.180. The quantitative estimate of drug-likeness (QED) is 0.751. The van der Waals surface area contributed by atoms with Crippen molar-refractivity contribution < 1.29 is 4.79 Å². The van der Waals surface area contributed by atoms with E-state index >= 15 is 0 Å². The van der Waals surface area contributed by atoms with Crippen molar-refractivity contribution in [3.63, 3.8) is 0 Å². The molecule has 0 radical (unpaired) electrons. The van der Waals surface area contributed by atoms with E-state index < -0.39 is 0 Å². The van der Waals surface area contributed by atoms with Crippen molar-refractivity contribution >= 4 is 39.6 Å². The summed E-state index contributed by atoms with van der Waals surface area (Å²) in [5.41, 5.74) is 1.37. The highest BCUT2D eigenvalue weighted by molar-refractivity contribution is 7.09. The monoisotopic (exact) mass is 317 g/mol. The Morgan fingerprint density at radius 1 is 1.33 bits per heavy atom. The lowest BCUT2D eigenvalue weighted by Gasteiger charge is -2.07. The van der Waals surface area contributed by atoms with Crippen molar-refractivity contribution in [2.24, 2.45) is 0 Å². The lowest BCUT2D eigenvalue weighted by atomic mass is 10.1. The van der Waals surface area contributed by atoms with E-state index in [0.29, 0.717) is 17.3 Å². The largest absolute Gasteiger partial charge is 0.346 e. The molecule has 0 atom stereocenters. The van der Waals surface area contributed by atoms with Crippen LogP contribution in [0.25, 0.3) is 10.8 Å². The highest BCUT2D eigenvalue weighted by Gasteiger charge is 2.12. The molecule has 0 saturated carbocycles. The molecule has 2 aromatic heterocycles. The van der Waals surface area contributed by atoms with E-state index in [9.17, 15) is 4.79 Å². The first-order chi connectivity index (χ1) is 10.1. The van der Waals surface area contributed by atoms with E-state index in [1.54, 1.807) is 11.3 Å². The number of amides is 1. The predicted octanol–water partition coefficient (Wildman–Crippen LogP) is 3.58. The van der Waals surface area contributed by atoms with Crippen LogP contribution in [0.3, 0.4) is 0 Å². The summed E-state index contributed by atoms with van der Waals surface area (Å²) in [6, 6.07) is 7.46. The van der Waals surface area contributed by atoms with Gasteiger partial charge in [0.2, 0.25) is 0 Å². The number of aromatic nitrogens is 2. The Kier molecular flexibility index (Phi) is 3.86. The first kappa shape index (κ1) is 14.0. The van der Waals surface area contributed by atoms with Gasteiger partial charge in [-0.3, -0.25) is 4.79 Å². The molecular formula is C15H12ClN3OS. The van der Waals surface area contributed by atoms with E-state index in [1.807, 2.05) is 36.6 Å². The summed E-state index contributed by atoms with van der Waals surface area (Å²) >= 11 is 7.62. The highest BCUT2D eigenvalue weighted by Crippen LogP contribution is 2.24. The zero-order chi connectivity index (χ0) is 14.8. The lowest BCUT2D eigenvalue weighted by Crippen LogP contribution is -2.23. The maximum Gasteiger partial charge on any atom is 0.253 e. The number of benzene rings is 1. The van der Waals surface area contributed by atoms with Gasteiger partial charge in [0.05, 0.1) is 22.8 Å². The minimum atomic E-state index is -0.180. The molecule has 0 bridgehead atoms. The fourth-order valence-corrected chi connectivity index (χ4v) is 2.92. The summed E-state index contributed by atoms with van der Waals surface area (Å²) in [4.78, 5) is 20.7. The molecule has 1 aromatic carbocycles. The van der Waals surface area contributed by atoms with Gasteiger partial charge in [-0.05, 0) is 12.3 Å². The van der Waals surface area contributed by atoms with Gasteiger partial charge in [0.25, 0.3) is 5.91 Å². The number of nitrogens with one attached hydrogen (secondary N) is 1. The number of aryl methyl sites for hydroxylation is 1. The fraction of sp³-hybridized carbons (Fsp3) is 0.133. The number of pyridine rings is 1. The van der Waals surface area contributed by atoms with Crippen LogP contribution in [0.15, 0.2) is 35.8 Å². The first-order valence-corrected chi connectivity index (χ1v) is 7.63. The Morgan fingerprint density at radius 2 is 2.10 bits per heavy atom. The summed E-state index contributed by atoms with van der Waals surface area (Å²) < 4.78 is 0. The van der Waals surface area contributed by atoms with Crippen LogP contribution in [0.4, 0.5) is 0 Å². The minimum absolute atomic E-state index is 0.180. The van der Waals surface area contributed by atoms with Crippen LogP contribution in [0.2, 0.25) is 5.15 Å². The van der Waals surface area contributed by atoms with E-state index in [2.05, 4.69) is 15.3 Å². The van der Waals surface area contributed by atoms with Crippen molar-refractivity contribution in [3.8, 4) is 0 Å². The zero-order valence-electron chi connectivity index (χ0n) is 11.3. The van der Waals surface area contributed by atoms with Gasteiger partial charge in [-0.2, -0.15) is 0 Å². The van der Waals surface area contributed by atoms with Crippen molar-refractivity contribution in [2.75, 3.05) is 0 Å². The maximum absolute atomic E-state index is 12.3. The number of carbonyl (C=O) groups is 1. The maximum atomic E-state index is 12.3. The van der Waals surface area contributed by atoms with Crippen LogP contribution >= 0.6 is 22.9 Å². The van der Waals surface area contributed by atoms with E-state index in [1.165, 1.54) is 6.20 Å². The van der Waals surface area contributed by atoms with Crippen LogP contribution in [0.5, 0.6) is 0 Å². The Hall–Kier alpha value is -1.98. The molecule has 0 aliphatic rings.